The number of fused-ring (bicyclic) bond motifs is 1. The Hall–Kier alpha value is -3.65. The monoisotopic (exact) mass is 392 g/mol. The third-order valence-electron chi connectivity index (χ3n) is 4.17. The minimum atomic E-state index is -3.93. The van der Waals surface area contributed by atoms with E-state index < -0.39 is 15.9 Å². The highest BCUT2D eigenvalue weighted by molar-refractivity contribution is 7.93. The van der Waals surface area contributed by atoms with E-state index in [0.29, 0.717) is 11.1 Å². The molecule has 0 saturated carbocycles. The highest BCUT2D eigenvalue weighted by Gasteiger charge is 2.22. The van der Waals surface area contributed by atoms with Crippen molar-refractivity contribution in [2.45, 2.75) is 4.90 Å². The molecule has 140 valence electrons. The van der Waals surface area contributed by atoms with Gasteiger partial charge in [0, 0.05) is 17.3 Å². The van der Waals surface area contributed by atoms with Crippen LogP contribution in [0.1, 0.15) is 10.5 Å². The Morgan fingerprint density at radius 1 is 0.893 bits per heavy atom. The normalized spacial score (nSPS) is 11.3. The van der Waals surface area contributed by atoms with Gasteiger partial charge in [0.05, 0.1) is 10.6 Å². The van der Waals surface area contributed by atoms with E-state index in [1.807, 2.05) is 24.3 Å². The van der Waals surface area contributed by atoms with Crippen LogP contribution in [-0.2, 0) is 10.0 Å². The Morgan fingerprint density at radius 3 is 2.43 bits per heavy atom. The fourth-order valence-corrected chi connectivity index (χ4v) is 4.17. The zero-order chi connectivity index (χ0) is 19.6. The molecule has 28 heavy (non-hydrogen) atoms. The van der Waals surface area contributed by atoms with Crippen LogP contribution < -0.4 is 10.0 Å². The lowest BCUT2D eigenvalue weighted by atomic mass is 10.1. The molecular formula is C20H16N4O3S. The van der Waals surface area contributed by atoms with Crippen LogP contribution in [0.25, 0.3) is 10.8 Å². The molecule has 0 aliphatic heterocycles. The molecule has 0 aliphatic carbocycles. The summed E-state index contributed by atoms with van der Waals surface area (Å²) in [5.41, 5.74) is 0.604. The molecule has 0 fully saturated rings. The molecule has 0 unspecified atom stereocenters. The van der Waals surface area contributed by atoms with E-state index in [1.54, 1.807) is 42.5 Å². The van der Waals surface area contributed by atoms with Gasteiger partial charge in [0.1, 0.15) is 0 Å². The number of carbonyl (C=O) groups is 1. The van der Waals surface area contributed by atoms with E-state index in [9.17, 15) is 13.2 Å². The molecule has 3 aromatic carbocycles. The highest BCUT2D eigenvalue weighted by atomic mass is 32.2. The number of amides is 1. The van der Waals surface area contributed by atoms with E-state index in [4.69, 9.17) is 0 Å². The fraction of sp³-hybridized carbons (Fsp3) is 0. The number of hydrogen-bond acceptors (Lipinski definition) is 4. The minimum absolute atomic E-state index is 0.0485. The largest absolute Gasteiger partial charge is 0.321 e. The minimum Gasteiger partial charge on any atom is -0.321 e. The average Bonchev–Trinajstić information content (AvgIpc) is 3.16. The predicted octanol–water partition coefficient (Wildman–Crippen LogP) is 3.62. The number of aromatic amines is 1. The van der Waals surface area contributed by atoms with Crippen molar-refractivity contribution in [1.29, 1.82) is 0 Å². The first-order valence-corrected chi connectivity index (χ1v) is 9.94. The maximum absolute atomic E-state index is 13.0. The number of carbonyl (C=O) groups excluding carboxylic acids is 1. The van der Waals surface area contributed by atoms with Crippen LogP contribution in [0.5, 0.6) is 0 Å². The van der Waals surface area contributed by atoms with Crippen LogP contribution in [0.15, 0.2) is 83.9 Å². The number of anilines is 2. The molecule has 7 nitrogen and oxygen atoms in total. The summed E-state index contributed by atoms with van der Waals surface area (Å²) in [7, 11) is -3.93. The Balaban J connectivity index is 1.65. The van der Waals surface area contributed by atoms with Gasteiger partial charge in [0.2, 0.25) is 0 Å². The SMILES string of the molecule is O=C(Nc1ccccc1)c1n[nH]cc1NS(=O)(=O)c1cccc2ccccc12. The summed E-state index contributed by atoms with van der Waals surface area (Å²) < 4.78 is 28.4. The van der Waals surface area contributed by atoms with Crippen molar-refractivity contribution in [3.05, 3.63) is 84.7 Å². The number of aromatic nitrogens is 2. The van der Waals surface area contributed by atoms with Gasteiger partial charge in [0.15, 0.2) is 5.69 Å². The van der Waals surface area contributed by atoms with Gasteiger partial charge in [-0.2, -0.15) is 5.10 Å². The summed E-state index contributed by atoms with van der Waals surface area (Å²) in [6.45, 7) is 0. The quantitative estimate of drug-likeness (QED) is 0.482. The van der Waals surface area contributed by atoms with Crippen molar-refractivity contribution in [1.82, 2.24) is 10.2 Å². The molecule has 0 aliphatic rings. The summed E-state index contributed by atoms with van der Waals surface area (Å²) in [6, 6.07) is 21.1. The predicted molar refractivity (Wildman–Crippen MR) is 108 cm³/mol. The molecule has 1 amide bonds. The summed E-state index contributed by atoms with van der Waals surface area (Å²) >= 11 is 0. The van der Waals surface area contributed by atoms with Crippen molar-refractivity contribution in [3.8, 4) is 0 Å². The number of H-pyrrole nitrogens is 1. The highest BCUT2D eigenvalue weighted by Crippen LogP contribution is 2.26. The molecule has 3 N–H and O–H groups in total. The average molecular weight is 392 g/mol. The number of benzene rings is 3. The van der Waals surface area contributed by atoms with E-state index >= 15 is 0 Å². The summed E-state index contributed by atoms with van der Waals surface area (Å²) in [6.07, 6.45) is 1.34. The summed E-state index contributed by atoms with van der Waals surface area (Å²) in [5.74, 6) is -0.525. The van der Waals surface area contributed by atoms with Gasteiger partial charge in [-0.1, -0.05) is 54.6 Å². The van der Waals surface area contributed by atoms with Crippen molar-refractivity contribution >= 4 is 38.1 Å². The van der Waals surface area contributed by atoms with Gasteiger partial charge in [0.25, 0.3) is 15.9 Å². The van der Waals surface area contributed by atoms with Gasteiger partial charge in [-0.15, -0.1) is 0 Å². The number of hydrogen-bond donors (Lipinski definition) is 3. The second-order valence-corrected chi connectivity index (χ2v) is 7.70. The number of nitrogens with zero attached hydrogens (tertiary/aromatic N) is 1. The zero-order valence-corrected chi connectivity index (χ0v) is 15.4. The molecule has 8 heteroatoms. The van der Waals surface area contributed by atoms with Gasteiger partial charge < -0.3 is 5.32 Å². The molecular weight excluding hydrogens is 376 g/mol. The van der Waals surface area contributed by atoms with Crippen LogP contribution >= 0.6 is 0 Å². The van der Waals surface area contributed by atoms with Gasteiger partial charge >= 0.3 is 0 Å². The number of nitrogens with one attached hydrogen (secondary N) is 3. The van der Waals surface area contributed by atoms with Crippen LogP contribution in [-0.4, -0.2) is 24.5 Å². The smallest absolute Gasteiger partial charge is 0.278 e. The topological polar surface area (TPSA) is 104 Å². The van der Waals surface area contributed by atoms with Crippen molar-refractivity contribution in [3.63, 3.8) is 0 Å². The second kappa shape index (κ2) is 7.16. The Morgan fingerprint density at radius 2 is 1.61 bits per heavy atom. The second-order valence-electron chi connectivity index (χ2n) is 6.05. The maximum atomic E-state index is 13.0. The Labute approximate surface area is 161 Å². The third-order valence-corrected chi connectivity index (χ3v) is 5.59. The molecule has 0 atom stereocenters. The Kier molecular flexibility index (Phi) is 4.54. The van der Waals surface area contributed by atoms with Crippen LogP contribution in [0, 0.1) is 0 Å². The standard InChI is InChI=1S/C20H16N4O3S/c25-20(22-15-9-2-1-3-10-15)19-17(13-21-23-19)24-28(26,27)18-12-6-8-14-7-4-5-11-16(14)18/h1-13,24H,(H,21,23)(H,22,25). The lowest BCUT2D eigenvalue weighted by Gasteiger charge is -2.10. The molecule has 4 rings (SSSR count). The number of para-hydroxylation sites is 1. The fourth-order valence-electron chi connectivity index (χ4n) is 2.88. The lowest BCUT2D eigenvalue weighted by molar-refractivity contribution is 0.102. The number of sulfonamides is 1. The van der Waals surface area contributed by atoms with E-state index in [1.165, 1.54) is 12.3 Å². The molecule has 1 aromatic heterocycles. The third kappa shape index (κ3) is 3.45. The van der Waals surface area contributed by atoms with Crippen molar-refractivity contribution < 1.29 is 13.2 Å². The van der Waals surface area contributed by atoms with Crippen molar-refractivity contribution in [2.24, 2.45) is 0 Å². The van der Waals surface area contributed by atoms with Gasteiger partial charge in [-0.05, 0) is 23.6 Å². The van der Waals surface area contributed by atoms with Crippen LogP contribution in [0.4, 0.5) is 11.4 Å². The van der Waals surface area contributed by atoms with Crippen molar-refractivity contribution in [2.75, 3.05) is 10.0 Å². The van der Waals surface area contributed by atoms with Gasteiger partial charge in [-0.3, -0.25) is 14.6 Å². The molecule has 1 heterocycles. The van der Waals surface area contributed by atoms with Gasteiger partial charge in [-0.25, -0.2) is 8.42 Å². The van der Waals surface area contributed by atoms with E-state index in [-0.39, 0.29) is 16.3 Å². The van der Waals surface area contributed by atoms with E-state index in [2.05, 4.69) is 20.2 Å². The molecule has 4 aromatic rings. The first-order valence-electron chi connectivity index (χ1n) is 8.45. The first kappa shape index (κ1) is 17.7. The molecule has 0 saturated heterocycles. The molecule has 0 bridgehead atoms. The first-order chi connectivity index (χ1) is 13.5. The number of rotatable bonds is 5. The summed E-state index contributed by atoms with van der Waals surface area (Å²) in [5, 5.41) is 10.5. The Bertz CT molecular complexity index is 1250. The molecule has 0 radical (unpaired) electrons. The van der Waals surface area contributed by atoms with Crippen LogP contribution in [0.2, 0.25) is 0 Å². The zero-order valence-electron chi connectivity index (χ0n) is 14.6. The van der Waals surface area contributed by atoms with E-state index in [0.717, 1.165) is 5.39 Å². The lowest BCUT2D eigenvalue weighted by Crippen LogP contribution is -2.18. The molecule has 0 spiro atoms. The van der Waals surface area contributed by atoms with Crippen LogP contribution in [0.3, 0.4) is 0 Å². The summed E-state index contributed by atoms with van der Waals surface area (Å²) in [4.78, 5) is 12.6. The maximum Gasteiger partial charge on any atom is 0.278 e.